The molecule has 3 N–H and O–H groups in total. The molecule has 1 heterocycles. The van der Waals surface area contributed by atoms with Gasteiger partial charge in [-0.05, 0) is 39.8 Å². The zero-order chi connectivity index (χ0) is 10.4. The van der Waals surface area contributed by atoms with Gasteiger partial charge in [-0.2, -0.15) is 0 Å². The number of carbonyl (C=O) groups is 1. The summed E-state index contributed by atoms with van der Waals surface area (Å²) in [5.74, 6) is 0.0815. The molecule has 4 heteroatoms. The fourth-order valence-corrected chi connectivity index (χ4v) is 1.93. The van der Waals surface area contributed by atoms with E-state index in [1.54, 1.807) is 7.05 Å². The van der Waals surface area contributed by atoms with Crippen LogP contribution in [0.3, 0.4) is 0 Å². The Morgan fingerprint density at radius 1 is 1.64 bits per heavy atom. The molecule has 2 atom stereocenters. The largest absolute Gasteiger partial charge is 0.352 e. The summed E-state index contributed by atoms with van der Waals surface area (Å²) in [4.78, 5) is 11.2. The van der Waals surface area contributed by atoms with Crippen molar-refractivity contribution in [1.29, 1.82) is 0 Å². The van der Waals surface area contributed by atoms with Crippen molar-refractivity contribution in [3.63, 3.8) is 0 Å². The lowest BCUT2D eigenvalue weighted by Crippen LogP contribution is -2.41. The van der Waals surface area contributed by atoms with E-state index in [1.165, 1.54) is 12.8 Å². The van der Waals surface area contributed by atoms with Crippen molar-refractivity contribution in [3.05, 3.63) is 0 Å². The molecule has 14 heavy (non-hydrogen) atoms. The van der Waals surface area contributed by atoms with Gasteiger partial charge in [0.15, 0.2) is 0 Å². The van der Waals surface area contributed by atoms with E-state index < -0.39 is 0 Å². The fraction of sp³-hybridized carbons (Fsp3) is 0.900. The van der Waals surface area contributed by atoms with Crippen LogP contribution in [0.1, 0.15) is 26.2 Å². The van der Waals surface area contributed by atoms with Crippen molar-refractivity contribution < 1.29 is 4.79 Å². The van der Waals surface area contributed by atoms with Gasteiger partial charge in [0.25, 0.3) is 0 Å². The third kappa shape index (κ3) is 4.07. The molecule has 0 saturated carbocycles. The zero-order valence-corrected chi connectivity index (χ0v) is 9.10. The van der Waals surface area contributed by atoms with Crippen LogP contribution in [0.15, 0.2) is 0 Å². The molecule has 1 amide bonds. The van der Waals surface area contributed by atoms with Gasteiger partial charge in [0.2, 0.25) is 5.91 Å². The number of amides is 1. The highest BCUT2D eigenvalue weighted by Gasteiger charge is 2.17. The van der Waals surface area contributed by atoms with Crippen molar-refractivity contribution in [3.8, 4) is 0 Å². The minimum absolute atomic E-state index is 0.0815. The second kappa shape index (κ2) is 5.98. The van der Waals surface area contributed by atoms with E-state index in [2.05, 4.69) is 22.9 Å². The monoisotopic (exact) mass is 199 g/mol. The molecule has 1 saturated heterocycles. The minimum atomic E-state index is 0.0815. The predicted molar refractivity (Wildman–Crippen MR) is 57.2 cm³/mol. The third-order valence-electron chi connectivity index (χ3n) is 2.55. The zero-order valence-electron chi connectivity index (χ0n) is 9.10. The standard InChI is InChI=1S/C10H21N3O/c1-8(13-10(14)7-11-2)6-9-4-3-5-12-9/h8-9,11-12H,3-7H2,1-2H3,(H,13,14). The molecule has 0 aliphatic carbocycles. The Morgan fingerprint density at radius 3 is 3.00 bits per heavy atom. The van der Waals surface area contributed by atoms with E-state index in [4.69, 9.17) is 0 Å². The Hall–Kier alpha value is -0.610. The van der Waals surface area contributed by atoms with Crippen molar-refractivity contribution in [2.75, 3.05) is 20.1 Å². The Morgan fingerprint density at radius 2 is 2.43 bits per heavy atom. The molecule has 1 rings (SSSR count). The average molecular weight is 199 g/mol. The molecule has 1 aliphatic rings. The van der Waals surface area contributed by atoms with Gasteiger partial charge in [0.1, 0.15) is 0 Å². The normalized spacial score (nSPS) is 23.4. The van der Waals surface area contributed by atoms with Gasteiger partial charge >= 0.3 is 0 Å². The summed E-state index contributed by atoms with van der Waals surface area (Å²) in [5, 5.41) is 9.23. The van der Waals surface area contributed by atoms with Crippen LogP contribution in [0.5, 0.6) is 0 Å². The lowest BCUT2D eigenvalue weighted by atomic mass is 10.1. The molecule has 2 unspecified atom stereocenters. The van der Waals surface area contributed by atoms with E-state index in [9.17, 15) is 4.79 Å². The second-order valence-corrected chi connectivity index (χ2v) is 4.03. The van der Waals surface area contributed by atoms with Crippen LogP contribution < -0.4 is 16.0 Å². The van der Waals surface area contributed by atoms with Gasteiger partial charge in [-0.25, -0.2) is 0 Å². The molecule has 0 radical (unpaired) electrons. The maximum atomic E-state index is 11.2. The Balaban J connectivity index is 2.14. The highest BCUT2D eigenvalue weighted by Crippen LogP contribution is 2.10. The van der Waals surface area contributed by atoms with E-state index in [0.717, 1.165) is 13.0 Å². The number of nitrogens with one attached hydrogen (secondary N) is 3. The van der Waals surface area contributed by atoms with Crippen LogP contribution in [0.25, 0.3) is 0 Å². The van der Waals surface area contributed by atoms with Gasteiger partial charge in [-0.15, -0.1) is 0 Å². The SMILES string of the molecule is CNCC(=O)NC(C)CC1CCCN1. The molecule has 0 aromatic carbocycles. The van der Waals surface area contributed by atoms with E-state index in [-0.39, 0.29) is 11.9 Å². The fourth-order valence-electron chi connectivity index (χ4n) is 1.93. The Bertz CT molecular complexity index is 178. The van der Waals surface area contributed by atoms with Crippen molar-refractivity contribution >= 4 is 5.91 Å². The first-order valence-electron chi connectivity index (χ1n) is 5.39. The first kappa shape index (κ1) is 11.5. The van der Waals surface area contributed by atoms with Crippen LogP contribution in [-0.4, -0.2) is 38.1 Å². The molecule has 0 aromatic heterocycles. The van der Waals surface area contributed by atoms with E-state index in [1.807, 2.05) is 0 Å². The van der Waals surface area contributed by atoms with E-state index >= 15 is 0 Å². The maximum absolute atomic E-state index is 11.2. The van der Waals surface area contributed by atoms with E-state index in [0.29, 0.717) is 12.6 Å². The summed E-state index contributed by atoms with van der Waals surface area (Å²) in [5.41, 5.74) is 0. The van der Waals surface area contributed by atoms with Gasteiger partial charge in [-0.3, -0.25) is 4.79 Å². The Labute approximate surface area is 85.8 Å². The minimum Gasteiger partial charge on any atom is -0.352 e. The third-order valence-corrected chi connectivity index (χ3v) is 2.55. The van der Waals surface area contributed by atoms with Crippen molar-refractivity contribution in [1.82, 2.24) is 16.0 Å². The highest BCUT2D eigenvalue weighted by atomic mass is 16.1. The lowest BCUT2D eigenvalue weighted by Gasteiger charge is -2.18. The highest BCUT2D eigenvalue weighted by molar-refractivity contribution is 5.78. The molecular weight excluding hydrogens is 178 g/mol. The lowest BCUT2D eigenvalue weighted by molar-refractivity contribution is -0.120. The van der Waals surface area contributed by atoms with Gasteiger partial charge in [0, 0.05) is 12.1 Å². The molecule has 1 fully saturated rings. The summed E-state index contributed by atoms with van der Waals surface area (Å²) in [7, 11) is 1.78. The quantitative estimate of drug-likeness (QED) is 0.577. The molecule has 1 aliphatic heterocycles. The second-order valence-electron chi connectivity index (χ2n) is 4.03. The summed E-state index contributed by atoms with van der Waals surface area (Å²) in [6.45, 7) is 3.60. The Kier molecular flexibility index (Phi) is 4.90. The van der Waals surface area contributed by atoms with Gasteiger partial charge in [-0.1, -0.05) is 0 Å². The van der Waals surface area contributed by atoms with Gasteiger partial charge in [0.05, 0.1) is 6.54 Å². The number of hydrogen-bond acceptors (Lipinski definition) is 3. The number of likely N-dealkylation sites (N-methyl/N-ethyl adjacent to an activating group) is 1. The number of carbonyl (C=O) groups excluding carboxylic acids is 1. The topological polar surface area (TPSA) is 53.2 Å². The maximum Gasteiger partial charge on any atom is 0.234 e. The summed E-state index contributed by atoms with van der Waals surface area (Å²) >= 11 is 0. The van der Waals surface area contributed by atoms with Crippen LogP contribution in [-0.2, 0) is 4.79 Å². The average Bonchev–Trinajstić information content (AvgIpc) is 2.56. The van der Waals surface area contributed by atoms with Crippen molar-refractivity contribution in [2.45, 2.75) is 38.3 Å². The molecule has 4 nitrogen and oxygen atoms in total. The van der Waals surface area contributed by atoms with Crippen LogP contribution in [0.4, 0.5) is 0 Å². The number of hydrogen-bond donors (Lipinski definition) is 3. The predicted octanol–water partition coefficient (Wildman–Crippen LogP) is -0.147. The number of rotatable bonds is 5. The molecule has 82 valence electrons. The van der Waals surface area contributed by atoms with Crippen molar-refractivity contribution in [2.24, 2.45) is 0 Å². The molecular formula is C10H21N3O. The molecule has 0 aromatic rings. The summed E-state index contributed by atoms with van der Waals surface area (Å²) in [6, 6.07) is 0.867. The van der Waals surface area contributed by atoms with Crippen LogP contribution in [0.2, 0.25) is 0 Å². The first-order chi connectivity index (χ1) is 6.72. The van der Waals surface area contributed by atoms with Crippen LogP contribution >= 0.6 is 0 Å². The van der Waals surface area contributed by atoms with Crippen LogP contribution in [0, 0.1) is 0 Å². The summed E-state index contributed by atoms with van der Waals surface area (Å²) in [6.07, 6.45) is 3.55. The molecule has 0 spiro atoms. The summed E-state index contributed by atoms with van der Waals surface area (Å²) < 4.78 is 0. The smallest absolute Gasteiger partial charge is 0.234 e. The van der Waals surface area contributed by atoms with Gasteiger partial charge < -0.3 is 16.0 Å². The first-order valence-corrected chi connectivity index (χ1v) is 5.39. The molecule has 0 bridgehead atoms.